The standard InChI is InChI=1S/C15H22O3/c1-2-3-16-4-5-17-12-7-9-6-10(12)11-8-13-15(18-13)14(9)11/h2,9-15H,1,3-8H2. The highest BCUT2D eigenvalue weighted by atomic mass is 16.6. The van der Waals surface area contributed by atoms with E-state index in [9.17, 15) is 0 Å². The molecule has 3 aliphatic carbocycles. The number of rotatable bonds is 6. The number of hydrogen-bond acceptors (Lipinski definition) is 3. The zero-order valence-corrected chi connectivity index (χ0v) is 10.8. The van der Waals surface area contributed by atoms with Gasteiger partial charge in [0.15, 0.2) is 0 Å². The maximum atomic E-state index is 6.04. The fraction of sp³-hybridized carbons (Fsp3) is 0.867. The molecule has 0 aromatic carbocycles. The molecule has 4 rings (SSSR count). The number of hydrogen-bond donors (Lipinski definition) is 0. The molecule has 18 heavy (non-hydrogen) atoms. The first-order chi connectivity index (χ1) is 8.88. The molecule has 0 spiro atoms. The van der Waals surface area contributed by atoms with Crippen molar-refractivity contribution in [1.82, 2.24) is 0 Å². The third-order valence-corrected chi connectivity index (χ3v) is 5.48. The molecule has 3 saturated carbocycles. The van der Waals surface area contributed by atoms with E-state index in [0.29, 0.717) is 31.5 Å². The van der Waals surface area contributed by atoms with Crippen LogP contribution in [0.2, 0.25) is 0 Å². The molecule has 3 heteroatoms. The zero-order valence-electron chi connectivity index (χ0n) is 10.8. The Bertz CT molecular complexity index is 343. The Morgan fingerprint density at radius 3 is 3.00 bits per heavy atom. The quantitative estimate of drug-likeness (QED) is 0.410. The van der Waals surface area contributed by atoms with Gasteiger partial charge in [0, 0.05) is 0 Å². The maximum Gasteiger partial charge on any atom is 0.0875 e. The lowest BCUT2D eigenvalue weighted by Crippen LogP contribution is -2.33. The summed E-state index contributed by atoms with van der Waals surface area (Å²) in [5, 5.41) is 0. The van der Waals surface area contributed by atoms with E-state index < -0.39 is 0 Å². The Labute approximate surface area is 108 Å². The smallest absolute Gasteiger partial charge is 0.0875 e. The minimum absolute atomic E-state index is 0.501. The van der Waals surface area contributed by atoms with E-state index in [-0.39, 0.29) is 0 Å². The van der Waals surface area contributed by atoms with E-state index in [1.807, 2.05) is 0 Å². The molecular weight excluding hydrogens is 228 g/mol. The lowest BCUT2D eigenvalue weighted by Gasteiger charge is -2.32. The molecular formula is C15H22O3. The van der Waals surface area contributed by atoms with Gasteiger partial charge >= 0.3 is 0 Å². The van der Waals surface area contributed by atoms with Gasteiger partial charge in [-0.25, -0.2) is 0 Å². The van der Waals surface area contributed by atoms with Crippen molar-refractivity contribution >= 4 is 0 Å². The van der Waals surface area contributed by atoms with Gasteiger partial charge in [0.1, 0.15) is 0 Å². The molecule has 0 aromatic rings. The van der Waals surface area contributed by atoms with E-state index in [4.69, 9.17) is 14.2 Å². The van der Waals surface area contributed by atoms with Crippen LogP contribution in [0.4, 0.5) is 0 Å². The minimum Gasteiger partial charge on any atom is -0.376 e. The molecule has 7 unspecified atom stereocenters. The normalized spacial score (nSPS) is 51.2. The van der Waals surface area contributed by atoms with Crippen LogP contribution < -0.4 is 0 Å². The number of epoxide rings is 1. The van der Waals surface area contributed by atoms with Gasteiger partial charge in [-0.15, -0.1) is 6.58 Å². The fourth-order valence-corrected chi connectivity index (χ4v) is 4.88. The van der Waals surface area contributed by atoms with Gasteiger partial charge in [-0.2, -0.15) is 0 Å². The second-order valence-electron chi connectivity index (χ2n) is 6.28. The molecule has 1 aliphatic heterocycles. The monoisotopic (exact) mass is 250 g/mol. The van der Waals surface area contributed by atoms with Crippen molar-refractivity contribution in [3.05, 3.63) is 12.7 Å². The van der Waals surface area contributed by atoms with Crippen molar-refractivity contribution in [3.63, 3.8) is 0 Å². The Morgan fingerprint density at radius 1 is 1.17 bits per heavy atom. The zero-order chi connectivity index (χ0) is 12.1. The molecule has 4 aliphatic rings. The van der Waals surface area contributed by atoms with Gasteiger partial charge in [0.2, 0.25) is 0 Å². The average molecular weight is 250 g/mol. The molecule has 0 N–H and O–H groups in total. The molecule has 100 valence electrons. The Balaban J connectivity index is 1.27. The summed E-state index contributed by atoms with van der Waals surface area (Å²) in [6.07, 6.45) is 7.51. The summed E-state index contributed by atoms with van der Waals surface area (Å²) in [6.45, 7) is 5.70. The Kier molecular flexibility index (Phi) is 2.75. The Hall–Kier alpha value is -0.380. The average Bonchev–Trinajstić information content (AvgIpc) is 2.77. The minimum atomic E-state index is 0.501. The predicted octanol–water partition coefficient (Wildman–Crippen LogP) is 2.02. The first-order valence-corrected chi connectivity index (χ1v) is 7.34. The molecule has 0 radical (unpaired) electrons. The van der Waals surface area contributed by atoms with Gasteiger partial charge in [-0.1, -0.05) is 6.08 Å². The summed E-state index contributed by atoms with van der Waals surface area (Å²) in [5.41, 5.74) is 0. The first-order valence-electron chi connectivity index (χ1n) is 7.34. The van der Waals surface area contributed by atoms with E-state index >= 15 is 0 Å². The highest BCUT2D eigenvalue weighted by Gasteiger charge is 2.66. The van der Waals surface area contributed by atoms with Crippen LogP contribution in [0, 0.1) is 23.7 Å². The van der Waals surface area contributed by atoms with Crippen molar-refractivity contribution in [2.24, 2.45) is 23.7 Å². The van der Waals surface area contributed by atoms with Crippen LogP contribution in [0.15, 0.2) is 12.7 Å². The van der Waals surface area contributed by atoms with E-state index in [0.717, 1.165) is 30.3 Å². The van der Waals surface area contributed by atoms with Crippen LogP contribution >= 0.6 is 0 Å². The molecule has 1 heterocycles. The van der Waals surface area contributed by atoms with Crippen LogP contribution in [0.1, 0.15) is 19.3 Å². The summed E-state index contributed by atoms with van der Waals surface area (Å²) in [5.74, 6) is 3.50. The van der Waals surface area contributed by atoms with Crippen LogP contribution in [-0.4, -0.2) is 38.1 Å². The van der Waals surface area contributed by atoms with Gasteiger partial charge in [-0.05, 0) is 42.9 Å². The highest BCUT2D eigenvalue weighted by Crippen LogP contribution is 2.64. The molecule has 7 atom stereocenters. The molecule has 0 amide bonds. The third kappa shape index (κ3) is 1.68. The molecule has 4 fully saturated rings. The number of fused-ring (bicyclic) bond motifs is 7. The van der Waals surface area contributed by atoms with Gasteiger partial charge < -0.3 is 14.2 Å². The molecule has 1 saturated heterocycles. The van der Waals surface area contributed by atoms with Crippen molar-refractivity contribution in [2.75, 3.05) is 19.8 Å². The molecule has 2 bridgehead atoms. The molecule has 0 aromatic heterocycles. The van der Waals surface area contributed by atoms with Crippen LogP contribution in [0.3, 0.4) is 0 Å². The van der Waals surface area contributed by atoms with Gasteiger partial charge in [0.05, 0.1) is 38.1 Å². The summed E-state index contributed by atoms with van der Waals surface area (Å²) >= 11 is 0. The highest BCUT2D eigenvalue weighted by molar-refractivity contribution is 5.14. The van der Waals surface area contributed by atoms with Crippen LogP contribution in [0.25, 0.3) is 0 Å². The van der Waals surface area contributed by atoms with E-state index in [2.05, 4.69) is 6.58 Å². The fourth-order valence-electron chi connectivity index (χ4n) is 4.88. The van der Waals surface area contributed by atoms with Gasteiger partial charge in [0.25, 0.3) is 0 Å². The predicted molar refractivity (Wildman–Crippen MR) is 67.2 cm³/mol. The Morgan fingerprint density at radius 2 is 2.11 bits per heavy atom. The lowest BCUT2D eigenvalue weighted by molar-refractivity contribution is -0.0410. The summed E-state index contributed by atoms with van der Waals surface area (Å²) < 4.78 is 17.1. The number of ether oxygens (including phenoxy) is 3. The van der Waals surface area contributed by atoms with Crippen LogP contribution in [-0.2, 0) is 14.2 Å². The van der Waals surface area contributed by atoms with Crippen molar-refractivity contribution < 1.29 is 14.2 Å². The molecule has 3 nitrogen and oxygen atoms in total. The van der Waals surface area contributed by atoms with E-state index in [1.54, 1.807) is 6.08 Å². The third-order valence-electron chi connectivity index (χ3n) is 5.48. The lowest BCUT2D eigenvalue weighted by atomic mass is 9.79. The van der Waals surface area contributed by atoms with E-state index in [1.165, 1.54) is 19.3 Å². The topological polar surface area (TPSA) is 31.0 Å². The summed E-state index contributed by atoms with van der Waals surface area (Å²) in [4.78, 5) is 0. The summed E-state index contributed by atoms with van der Waals surface area (Å²) in [6, 6.07) is 0. The van der Waals surface area contributed by atoms with Gasteiger partial charge in [-0.3, -0.25) is 0 Å². The second-order valence-corrected chi connectivity index (χ2v) is 6.28. The SMILES string of the molecule is C=CCOCCOC1CC2CC1C1CC3OC3C21. The van der Waals surface area contributed by atoms with Crippen molar-refractivity contribution in [3.8, 4) is 0 Å². The van der Waals surface area contributed by atoms with Crippen molar-refractivity contribution in [2.45, 2.75) is 37.6 Å². The second kappa shape index (κ2) is 4.32. The largest absolute Gasteiger partial charge is 0.376 e. The van der Waals surface area contributed by atoms with Crippen molar-refractivity contribution in [1.29, 1.82) is 0 Å². The summed E-state index contributed by atoms with van der Waals surface area (Å²) in [7, 11) is 0. The first kappa shape index (κ1) is 11.4. The van der Waals surface area contributed by atoms with Crippen LogP contribution in [0.5, 0.6) is 0 Å². The maximum absolute atomic E-state index is 6.04.